The van der Waals surface area contributed by atoms with Crippen molar-refractivity contribution in [1.29, 1.82) is 0 Å². The number of thioether (sulfide) groups is 1. The van der Waals surface area contributed by atoms with E-state index in [4.69, 9.17) is 0 Å². The summed E-state index contributed by atoms with van der Waals surface area (Å²) in [5.41, 5.74) is 0.00389. The fraction of sp³-hybridized carbons (Fsp3) is 0.308. The van der Waals surface area contributed by atoms with Crippen molar-refractivity contribution in [3.8, 4) is 0 Å². The van der Waals surface area contributed by atoms with E-state index in [1.54, 1.807) is 0 Å². The van der Waals surface area contributed by atoms with Crippen LogP contribution in [0, 0.1) is 5.82 Å². The first-order valence-corrected chi connectivity index (χ1v) is 7.20. The minimum absolute atomic E-state index is 0.123. The third-order valence-corrected chi connectivity index (χ3v) is 3.77. The molecule has 21 heavy (non-hydrogen) atoms. The van der Waals surface area contributed by atoms with Crippen molar-refractivity contribution in [1.82, 2.24) is 4.90 Å². The largest absolute Gasteiger partial charge is 0.465 e. The van der Waals surface area contributed by atoms with Crippen molar-refractivity contribution in [2.45, 2.75) is 0 Å². The van der Waals surface area contributed by atoms with Gasteiger partial charge in [0.2, 0.25) is 11.8 Å². The molecule has 0 bridgehead atoms. The number of amides is 2. The molecular weight excluding hydrogens is 299 g/mol. The van der Waals surface area contributed by atoms with Gasteiger partial charge in [-0.3, -0.25) is 9.59 Å². The summed E-state index contributed by atoms with van der Waals surface area (Å²) in [4.78, 5) is 36.0. The van der Waals surface area contributed by atoms with Crippen LogP contribution in [0.15, 0.2) is 18.2 Å². The predicted molar refractivity (Wildman–Crippen MR) is 75.4 cm³/mol. The minimum atomic E-state index is -0.668. The van der Waals surface area contributed by atoms with Gasteiger partial charge in [0.1, 0.15) is 12.4 Å². The third kappa shape index (κ3) is 3.72. The Morgan fingerprint density at radius 2 is 2.24 bits per heavy atom. The molecule has 1 aliphatic rings. The lowest BCUT2D eigenvalue weighted by Crippen LogP contribution is -2.34. The molecule has 1 N–H and O–H groups in total. The van der Waals surface area contributed by atoms with Gasteiger partial charge < -0.3 is 15.0 Å². The molecule has 8 heteroatoms. The normalized spacial score (nSPS) is 14.2. The first-order valence-electron chi connectivity index (χ1n) is 6.04. The summed E-state index contributed by atoms with van der Waals surface area (Å²) < 4.78 is 18.2. The molecular formula is C13H13FN2O4S. The van der Waals surface area contributed by atoms with Gasteiger partial charge in [0, 0.05) is 0 Å². The van der Waals surface area contributed by atoms with E-state index < -0.39 is 17.7 Å². The number of carbonyl (C=O) groups excluding carboxylic acids is 3. The number of hydrogen-bond donors (Lipinski definition) is 1. The number of ether oxygens (including phenoxy) is 1. The second kappa shape index (κ2) is 6.57. The third-order valence-electron chi connectivity index (χ3n) is 2.82. The molecule has 0 spiro atoms. The summed E-state index contributed by atoms with van der Waals surface area (Å²) in [6.45, 7) is -0.145. The smallest absolute Gasteiger partial charge is 0.337 e. The average Bonchev–Trinajstić information content (AvgIpc) is 2.85. The van der Waals surface area contributed by atoms with Gasteiger partial charge in [-0.1, -0.05) is 0 Å². The van der Waals surface area contributed by atoms with E-state index in [1.165, 1.54) is 35.9 Å². The van der Waals surface area contributed by atoms with Crippen LogP contribution in [0.25, 0.3) is 0 Å². The quantitative estimate of drug-likeness (QED) is 0.842. The molecule has 1 saturated heterocycles. The first kappa shape index (κ1) is 15.3. The minimum Gasteiger partial charge on any atom is -0.465 e. The average molecular weight is 312 g/mol. The summed E-state index contributed by atoms with van der Waals surface area (Å²) in [6, 6.07) is 3.52. The predicted octanol–water partition coefficient (Wildman–Crippen LogP) is 1.08. The maximum absolute atomic E-state index is 13.6. The van der Waals surface area contributed by atoms with Crippen LogP contribution < -0.4 is 5.32 Å². The van der Waals surface area contributed by atoms with Crippen LogP contribution in [0.5, 0.6) is 0 Å². The Kier molecular flexibility index (Phi) is 4.79. The Morgan fingerprint density at radius 3 is 2.86 bits per heavy atom. The number of anilines is 1. The summed E-state index contributed by atoms with van der Waals surface area (Å²) >= 11 is 1.41. The van der Waals surface area contributed by atoms with E-state index in [-0.39, 0.29) is 23.7 Å². The molecule has 1 aromatic rings. The van der Waals surface area contributed by atoms with Gasteiger partial charge in [-0.15, -0.1) is 11.8 Å². The van der Waals surface area contributed by atoms with Crippen LogP contribution in [0.2, 0.25) is 0 Å². The lowest BCUT2D eigenvalue weighted by Gasteiger charge is -2.14. The molecule has 2 amide bonds. The van der Waals surface area contributed by atoms with E-state index >= 15 is 0 Å². The van der Waals surface area contributed by atoms with Crippen LogP contribution in [0.3, 0.4) is 0 Å². The van der Waals surface area contributed by atoms with Crippen LogP contribution in [-0.4, -0.2) is 48.0 Å². The molecule has 0 unspecified atom stereocenters. The molecule has 1 aromatic carbocycles. The van der Waals surface area contributed by atoms with Crippen molar-refractivity contribution < 1.29 is 23.5 Å². The lowest BCUT2D eigenvalue weighted by atomic mass is 10.2. The van der Waals surface area contributed by atoms with Gasteiger partial charge in [0.15, 0.2) is 0 Å². The molecule has 1 fully saturated rings. The number of carbonyl (C=O) groups is 3. The van der Waals surface area contributed by atoms with Crippen molar-refractivity contribution in [2.24, 2.45) is 0 Å². The van der Waals surface area contributed by atoms with Crippen LogP contribution >= 0.6 is 11.8 Å². The second-order valence-electron chi connectivity index (χ2n) is 4.30. The maximum Gasteiger partial charge on any atom is 0.337 e. The molecule has 0 radical (unpaired) electrons. The van der Waals surface area contributed by atoms with Crippen LogP contribution in [-0.2, 0) is 14.3 Å². The molecule has 0 aliphatic carbocycles. The highest BCUT2D eigenvalue weighted by Crippen LogP contribution is 2.18. The summed E-state index contributed by atoms with van der Waals surface area (Å²) in [5.74, 6) is -1.16. The number of rotatable bonds is 4. The number of esters is 1. The summed E-state index contributed by atoms with van der Waals surface area (Å²) in [6.07, 6.45) is 0. The molecule has 0 aromatic heterocycles. The Bertz CT molecular complexity index is 594. The fourth-order valence-electron chi connectivity index (χ4n) is 1.77. The van der Waals surface area contributed by atoms with Gasteiger partial charge in [-0.05, 0) is 18.2 Å². The highest BCUT2D eigenvalue weighted by molar-refractivity contribution is 8.00. The van der Waals surface area contributed by atoms with Gasteiger partial charge in [-0.25, -0.2) is 9.18 Å². The zero-order chi connectivity index (χ0) is 15.4. The number of nitrogens with zero attached hydrogens (tertiary/aromatic N) is 1. The van der Waals surface area contributed by atoms with Crippen molar-refractivity contribution >= 4 is 35.2 Å². The molecule has 112 valence electrons. The fourth-order valence-corrected chi connectivity index (χ4v) is 2.67. The Morgan fingerprint density at radius 1 is 1.48 bits per heavy atom. The molecule has 0 atom stereocenters. The van der Waals surface area contributed by atoms with E-state index in [9.17, 15) is 18.8 Å². The monoisotopic (exact) mass is 312 g/mol. The van der Waals surface area contributed by atoms with E-state index in [0.717, 1.165) is 6.07 Å². The van der Waals surface area contributed by atoms with Gasteiger partial charge >= 0.3 is 5.97 Å². The van der Waals surface area contributed by atoms with Crippen molar-refractivity contribution in [2.75, 3.05) is 30.6 Å². The first-order chi connectivity index (χ1) is 10.0. The van der Waals surface area contributed by atoms with Crippen molar-refractivity contribution in [3.05, 3.63) is 29.6 Å². The number of nitrogens with one attached hydrogen (secondary N) is 1. The highest BCUT2D eigenvalue weighted by Gasteiger charge is 2.23. The van der Waals surface area contributed by atoms with E-state index in [1.807, 2.05) is 0 Å². The maximum atomic E-state index is 13.6. The van der Waals surface area contributed by atoms with Crippen molar-refractivity contribution in [3.63, 3.8) is 0 Å². The number of benzene rings is 1. The van der Waals surface area contributed by atoms with Gasteiger partial charge in [0.05, 0.1) is 30.0 Å². The lowest BCUT2D eigenvalue weighted by molar-refractivity contribution is -0.130. The zero-order valence-electron chi connectivity index (χ0n) is 11.2. The summed E-state index contributed by atoms with van der Waals surface area (Å²) in [5, 5.41) is 2.35. The molecule has 1 heterocycles. The Balaban J connectivity index is 2.06. The zero-order valence-corrected chi connectivity index (χ0v) is 12.0. The number of hydrogen-bond acceptors (Lipinski definition) is 5. The molecule has 1 aliphatic heterocycles. The van der Waals surface area contributed by atoms with E-state index in [2.05, 4.69) is 10.1 Å². The standard InChI is InChI=1S/C13H13FN2O4S/c1-20-13(19)8-2-3-9(14)10(4-8)15-11(17)5-16-7-21-6-12(16)18/h2-4H,5-7H2,1H3,(H,15,17). The van der Waals surface area contributed by atoms with Gasteiger partial charge in [0.25, 0.3) is 0 Å². The van der Waals surface area contributed by atoms with Crippen LogP contribution in [0.4, 0.5) is 10.1 Å². The molecule has 0 saturated carbocycles. The SMILES string of the molecule is COC(=O)c1ccc(F)c(NC(=O)CN2CSCC2=O)c1. The topological polar surface area (TPSA) is 75.7 Å². The Labute approximate surface area is 124 Å². The molecule has 6 nitrogen and oxygen atoms in total. The van der Waals surface area contributed by atoms with E-state index in [0.29, 0.717) is 11.6 Å². The Hall–Kier alpha value is -2.09. The number of methoxy groups -OCH3 is 1. The highest BCUT2D eigenvalue weighted by atomic mass is 32.2. The summed E-state index contributed by atoms with van der Waals surface area (Å²) in [7, 11) is 1.21. The van der Waals surface area contributed by atoms with Gasteiger partial charge in [-0.2, -0.15) is 0 Å². The van der Waals surface area contributed by atoms with Crippen LogP contribution in [0.1, 0.15) is 10.4 Å². The number of halogens is 1. The second-order valence-corrected chi connectivity index (χ2v) is 5.26. The molecule has 2 rings (SSSR count).